The molecule has 0 heterocycles. The van der Waals surface area contributed by atoms with Gasteiger partial charge in [0.05, 0.1) is 19.8 Å². The third kappa shape index (κ3) is 3.57. The molecule has 1 aliphatic carbocycles. The molecule has 0 spiro atoms. The van der Waals surface area contributed by atoms with E-state index in [1.807, 2.05) is 24.3 Å². The van der Waals surface area contributed by atoms with Crippen LogP contribution in [0, 0.1) is 11.8 Å². The highest BCUT2D eigenvalue weighted by molar-refractivity contribution is 5.54. The fourth-order valence-corrected chi connectivity index (χ4v) is 2.81. The van der Waals surface area contributed by atoms with Crippen molar-refractivity contribution < 1.29 is 14.3 Å². The Morgan fingerprint density at radius 1 is 1.26 bits per heavy atom. The van der Waals surface area contributed by atoms with Gasteiger partial charge in [-0.2, -0.15) is 0 Å². The number of hydrogen-bond donors (Lipinski definition) is 0. The van der Waals surface area contributed by atoms with Crippen LogP contribution in [0.1, 0.15) is 31.7 Å². The zero-order valence-corrected chi connectivity index (χ0v) is 11.7. The molecule has 1 saturated carbocycles. The number of hydrogen-bond acceptors (Lipinski definition) is 3. The number of methoxy groups -OCH3 is 1. The number of carbonyl (C=O) groups is 1. The molecule has 0 N–H and O–H groups in total. The van der Waals surface area contributed by atoms with E-state index >= 15 is 0 Å². The molecule has 1 aromatic carbocycles. The summed E-state index contributed by atoms with van der Waals surface area (Å²) in [6, 6.07) is 7.91. The maximum Gasteiger partial charge on any atom is 0.123 e. The van der Waals surface area contributed by atoms with Crippen LogP contribution in [0.5, 0.6) is 5.75 Å². The summed E-state index contributed by atoms with van der Waals surface area (Å²) < 4.78 is 11.1. The first-order chi connectivity index (χ1) is 9.26. The highest BCUT2D eigenvalue weighted by Gasteiger charge is 2.33. The van der Waals surface area contributed by atoms with Crippen LogP contribution in [0.2, 0.25) is 0 Å². The van der Waals surface area contributed by atoms with Gasteiger partial charge < -0.3 is 14.3 Å². The monoisotopic (exact) mass is 262 g/mol. The molecule has 1 fully saturated rings. The molecule has 2 rings (SSSR count). The summed E-state index contributed by atoms with van der Waals surface area (Å²) >= 11 is 0. The van der Waals surface area contributed by atoms with Gasteiger partial charge in [-0.05, 0) is 36.5 Å². The van der Waals surface area contributed by atoms with Crippen molar-refractivity contribution in [3.63, 3.8) is 0 Å². The zero-order valence-electron chi connectivity index (χ0n) is 11.7. The van der Waals surface area contributed by atoms with Crippen molar-refractivity contribution in [1.29, 1.82) is 0 Å². The van der Waals surface area contributed by atoms with Gasteiger partial charge in [-0.1, -0.05) is 25.5 Å². The van der Waals surface area contributed by atoms with Gasteiger partial charge in [-0.3, -0.25) is 0 Å². The van der Waals surface area contributed by atoms with E-state index in [1.54, 1.807) is 7.11 Å². The van der Waals surface area contributed by atoms with Crippen molar-refractivity contribution in [2.45, 2.75) is 38.9 Å². The second-order valence-corrected chi connectivity index (χ2v) is 5.22. The van der Waals surface area contributed by atoms with Crippen LogP contribution in [0.4, 0.5) is 0 Å². The lowest BCUT2D eigenvalue weighted by Crippen LogP contribution is -2.08. The molecular weight excluding hydrogens is 240 g/mol. The van der Waals surface area contributed by atoms with Crippen molar-refractivity contribution in [1.82, 2.24) is 0 Å². The van der Waals surface area contributed by atoms with Crippen LogP contribution in [0.15, 0.2) is 24.3 Å². The van der Waals surface area contributed by atoms with E-state index in [9.17, 15) is 4.79 Å². The summed E-state index contributed by atoms with van der Waals surface area (Å²) in [5.41, 5.74) is 1.14. The fraction of sp³-hybridized carbons (Fsp3) is 0.562. The minimum absolute atomic E-state index is 0.186. The van der Waals surface area contributed by atoms with Crippen LogP contribution in [0.3, 0.4) is 0 Å². The van der Waals surface area contributed by atoms with Gasteiger partial charge in [0.25, 0.3) is 0 Å². The maximum absolute atomic E-state index is 11.0. The first-order valence-electron chi connectivity index (χ1n) is 6.96. The predicted molar refractivity (Wildman–Crippen MR) is 74.1 cm³/mol. The molecule has 3 nitrogen and oxygen atoms in total. The van der Waals surface area contributed by atoms with Crippen molar-refractivity contribution in [3.05, 3.63) is 29.8 Å². The largest absolute Gasteiger partial charge is 0.497 e. The Morgan fingerprint density at radius 3 is 2.53 bits per heavy atom. The third-order valence-electron chi connectivity index (χ3n) is 4.05. The summed E-state index contributed by atoms with van der Waals surface area (Å²) in [7, 11) is 1.66. The summed E-state index contributed by atoms with van der Waals surface area (Å²) in [5, 5.41) is 0. The molecule has 0 bridgehead atoms. The van der Waals surface area contributed by atoms with E-state index in [0.29, 0.717) is 12.5 Å². The maximum atomic E-state index is 11.0. The van der Waals surface area contributed by atoms with Gasteiger partial charge in [-0.25, -0.2) is 0 Å². The first-order valence-corrected chi connectivity index (χ1v) is 6.96. The Bertz CT molecular complexity index is 399. The molecule has 0 unspecified atom stereocenters. The van der Waals surface area contributed by atoms with Gasteiger partial charge in [0, 0.05) is 5.92 Å². The Hall–Kier alpha value is -1.35. The minimum atomic E-state index is 0.186. The van der Waals surface area contributed by atoms with Crippen molar-refractivity contribution >= 4 is 6.29 Å². The lowest BCUT2D eigenvalue weighted by Gasteiger charge is -2.12. The highest BCUT2D eigenvalue weighted by atomic mass is 16.5. The summed E-state index contributed by atoms with van der Waals surface area (Å²) in [4.78, 5) is 11.0. The standard InChI is InChI=1S/C16H22O3/c1-3-13-8-16(9-14(13)10-17)19-11-12-4-6-15(18-2)7-5-12/h4-7,10,13-14,16H,3,8-9,11H2,1-2H3/t13-,14+,16+/m1/s1. The molecule has 1 aromatic rings. The number of benzene rings is 1. The Balaban J connectivity index is 1.83. The number of ether oxygens (including phenoxy) is 2. The minimum Gasteiger partial charge on any atom is -0.497 e. The second-order valence-electron chi connectivity index (χ2n) is 5.22. The Kier molecular flexibility index (Phi) is 4.97. The molecule has 104 valence electrons. The van der Waals surface area contributed by atoms with Crippen molar-refractivity contribution in [3.8, 4) is 5.75 Å². The quantitative estimate of drug-likeness (QED) is 0.738. The molecule has 0 radical (unpaired) electrons. The van der Waals surface area contributed by atoms with Gasteiger partial charge >= 0.3 is 0 Å². The molecule has 3 atom stereocenters. The molecular formula is C16H22O3. The lowest BCUT2D eigenvalue weighted by atomic mass is 9.95. The van der Waals surface area contributed by atoms with Crippen molar-refractivity contribution in [2.24, 2.45) is 11.8 Å². The molecule has 1 aliphatic rings. The fourth-order valence-electron chi connectivity index (χ4n) is 2.81. The Labute approximate surface area is 114 Å². The summed E-state index contributed by atoms with van der Waals surface area (Å²) in [5.74, 6) is 1.54. The SMILES string of the molecule is CC[C@@H]1C[C@H](OCc2ccc(OC)cc2)C[C@H]1C=O. The second kappa shape index (κ2) is 6.71. The summed E-state index contributed by atoms with van der Waals surface area (Å²) in [6.45, 7) is 2.75. The van der Waals surface area contributed by atoms with Crippen LogP contribution in [-0.2, 0) is 16.1 Å². The predicted octanol–water partition coefficient (Wildman–Crippen LogP) is 3.22. The molecule has 3 heteroatoms. The van der Waals surface area contributed by atoms with Gasteiger partial charge in [0.2, 0.25) is 0 Å². The van der Waals surface area contributed by atoms with E-state index < -0.39 is 0 Å². The topological polar surface area (TPSA) is 35.5 Å². The number of rotatable bonds is 6. The molecule has 0 saturated heterocycles. The van der Waals surface area contributed by atoms with E-state index in [1.165, 1.54) is 0 Å². The van der Waals surface area contributed by atoms with E-state index in [4.69, 9.17) is 9.47 Å². The number of carbonyl (C=O) groups excluding carboxylic acids is 1. The molecule has 0 aromatic heterocycles. The average molecular weight is 262 g/mol. The van der Waals surface area contributed by atoms with Gasteiger partial charge in [0.15, 0.2) is 0 Å². The van der Waals surface area contributed by atoms with Gasteiger partial charge in [0.1, 0.15) is 12.0 Å². The smallest absolute Gasteiger partial charge is 0.123 e. The molecule has 0 amide bonds. The van der Waals surface area contributed by atoms with Crippen LogP contribution in [0.25, 0.3) is 0 Å². The van der Waals surface area contributed by atoms with E-state index in [0.717, 1.165) is 36.9 Å². The van der Waals surface area contributed by atoms with Crippen LogP contribution >= 0.6 is 0 Å². The van der Waals surface area contributed by atoms with Crippen molar-refractivity contribution in [2.75, 3.05) is 7.11 Å². The summed E-state index contributed by atoms with van der Waals surface area (Å²) in [6.07, 6.45) is 4.27. The van der Waals surface area contributed by atoms with Crippen LogP contribution < -0.4 is 4.74 Å². The molecule has 19 heavy (non-hydrogen) atoms. The molecule has 0 aliphatic heterocycles. The number of aldehydes is 1. The highest BCUT2D eigenvalue weighted by Crippen LogP contribution is 2.35. The van der Waals surface area contributed by atoms with Gasteiger partial charge in [-0.15, -0.1) is 0 Å². The zero-order chi connectivity index (χ0) is 13.7. The normalized spacial score (nSPS) is 26.3. The van der Waals surface area contributed by atoms with E-state index in [2.05, 4.69) is 6.92 Å². The van der Waals surface area contributed by atoms with Crippen LogP contribution in [-0.4, -0.2) is 19.5 Å². The Morgan fingerprint density at radius 2 is 2.00 bits per heavy atom. The first kappa shape index (κ1) is 14.1. The van der Waals surface area contributed by atoms with E-state index in [-0.39, 0.29) is 12.0 Å². The average Bonchev–Trinajstić information content (AvgIpc) is 2.88. The third-order valence-corrected chi connectivity index (χ3v) is 4.05. The lowest BCUT2D eigenvalue weighted by molar-refractivity contribution is -0.112.